The maximum atomic E-state index is 11.3. The van der Waals surface area contributed by atoms with Crippen molar-refractivity contribution in [2.24, 2.45) is 5.92 Å². The van der Waals surface area contributed by atoms with Crippen LogP contribution in [0.2, 0.25) is 0 Å². The van der Waals surface area contributed by atoms with E-state index in [1.165, 1.54) is 24.9 Å². The first-order chi connectivity index (χ1) is 8.86. The van der Waals surface area contributed by atoms with E-state index >= 15 is 0 Å². The summed E-state index contributed by atoms with van der Waals surface area (Å²) in [5.41, 5.74) is 0.679. The number of rotatable bonds is 5. The van der Waals surface area contributed by atoms with E-state index in [0.29, 0.717) is 15.8 Å². The van der Waals surface area contributed by atoms with Crippen LogP contribution in [0.3, 0.4) is 0 Å². The zero-order chi connectivity index (χ0) is 14.6. The molecule has 0 spiro atoms. The van der Waals surface area contributed by atoms with Crippen molar-refractivity contribution in [2.75, 3.05) is 12.9 Å². The Morgan fingerprint density at radius 1 is 1.58 bits per heavy atom. The molecule has 0 aliphatic rings. The molecule has 1 aromatic carbocycles. The Morgan fingerprint density at radius 2 is 2.21 bits per heavy atom. The van der Waals surface area contributed by atoms with Crippen molar-refractivity contribution in [1.82, 2.24) is 0 Å². The van der Waals surface area contributed by atoms with Crippen LogP contribution in [0.1, 0.15) is 12.5 Å². The van der Waals surface area contributed by atoms with Gasteiger partial charge in [-0.05, 0) is 28.9 Å². The van der Waals surface area contributed by atoms with Crippen LogP contribution in [0.5, 0.6) is 0 Å². The zero-order valence-corrected chi connectivity index (χ0v) is 13.2. The molecule has 0 N–H and O–H groups in total. The highest BCUT2D eigenvalue weighted by Crippen LogP contribution is 2.34. The molecule has 104 valence electrons. The van der Waals surface area contributed by atoms with Gasteiger partial charge < -0.3 is 4.74 Å². The Bertz CT molecular complexity index is 507. The normalized spacial score (nSPS) is 12.0. The quantitative estimate of drug-likeness (QED) is 0.352. The molecule has 0 fully saturated rings. The minimum atomic E-state index is -0.411. The van der Waals surface area contributed by atoms with Crippen molar-refractivity contribution < 1.29 is 14.5 Å². The maximum absolute atomic E-state index is 11.3. The summed E-state index contributed by atoms with van der Waals surface area (Å²) in [4.78, 5) is 22.6. The zero-order valence-electron chi connectivity index (χ0n) is 10.8. The molecule has 5 nitrogen and oxygen atoms in total. The van der Waals surface area contributed by atoms with Gasteiger partial charge >= 0.3 is 5.97 Å². The molecule has 1 rings (SSSR count). The van der Waals surface area contributed by atoms with Crippen molar-refractivity contribution in [3.63, 3.8) is 0 Å². The van der Waals surface area contributed by atoms with Gasteiger partial charge in [0.25, 0.3) is 5.69 Å². The Balaban J connectivity index is 2.83. The standard InChI is InChI=1S/C12H14BrNO4S/c1-7-4-11(9(13)5-10(7)14(16)17)19-6-8(2)12(15)18-3/h4-5,8H,6H2,1-3H3. The first-order valence-corrected chi connectivity index (χ1v) is 7.29. The molecule has 0 saturated heterocycles. The number of benzene rings is 1. The minimum absolute atomic E-state index is 0.0808. The number of aryl methyl sites for hydroxylation is 1. The Morgan fingerprint density at radius 3 is 2.74 bits per heavy atom. The molecule has 1 aromatic rings. The fourth-order valence-electron chi connectivity index (χ4n) is 1.44. The average Bonchev–Trinajstić information content (AvgIpc) is 2.37. The van der Waals surface area contributed by atoms with Gasteiger partial charge in [0.15, 0.2) is 0 Å². The lowest BCUT2D eigenvalue weighted by Gasteiger charge is -2.10. The van der Waals surface area contributed by atoms with E-state index in [4.69, 9.17) is 0 Å². The van der Waals surface area contributed by atoms with E-state index in [1.807, 2.05) is 0 Å². The summed E-state index contributed by atoms with van der Waals surface area (Å²) in [5, 5.41) is 10.8. The highest BCUT2D eigenvalue weighted by molar-refractivity contribution is 9.10. The van der Waals surface area contributed by atoms with Gasteiger partial charge in [-0.15, -0.1) is 11.8 Å². The number of nitro groups is 1. The summed E-state index contributed by atoms with van der Waals surface area (Å²) in [6.45, 7) is 3.48. The summed E-state index contributed by atoms with van der Waals surface area (Å²) in [6.07, 6.45) is 0. The van der Waals surface area contributed by atoms with Gasteiger partial charge in [-0.25, -0.2) is 0 Å². The van der Waals surface area contributed by atoms with Gasteiger partial charge in [0, 0.05) is 26.8 Å². The molecule has 1 unspecified atom stereocenters. The summed E-state index contributed by atoms with van der Waals surface area (Å²) in [7, 11) is 1.36. The Hall–Kier alpha value is -1.08. The van der Waals surface area contributed by atoms with Crippen molar-refractivity contribution in [2.45, 2.75) is 18.7 Å². The largest absolute Gasteiger partial charge is 0.469 e. The number of hydrogen-bond acceptors (Lipinski definition) is 5. The molecule has 0 radical (unpaired) electrons. The van der Waals surface area contributed by atoms with Crippen molar-refractivity contribution in [3.8, 4) is 0 Å². The topological polar surface area (TPSA) is 69.4 Å². The summed E-state index contributed by atoms with van der Waals surface area (Å²) in [6, 6.07) is 3.23. The molecule has 0 heterocycles. The lowest BCUT2D eigenvalue weighted by molar-refractivity contribution is -0.385. The van der Waals surface area contributed by atoms with Gasteiger partial charge in [0.05, 0.1) is 18.0 Å². The van der Waals surface area contributed by atoms with Gasteiger partial charge in [0.1, 0.15) is 0 Å². The number of carbonyl (C=O) groups excluding carboxylic acids is 1. The van der Waals surface area contributed by atoms with Crippen LogP contribution >= 0.6 is 27.7 Å². The van der Waals surface area contributed by atoms with E-state index < -0.39 is 4.92 Å². The van der Waals surface area contributed by atoms with E-state index in [2.05, 4.69) is 20.7 Å². The summed E-state index contributed by atoms with van der Waals surface area (Å²) >= 11 is 4.78. The van der Waals surface area contributed by atoms with E-state index in [-0.39, 0.29) is 17.6 Å². The number of ether oxygens (including phenoxy) is 1. The third-order valence-corrected chi connectivity index (χ3v) is 4.77. The second-order valence-corrected chi connectivity index (χ2v) is 5.98. The van der Waals surface area contributed by atoms with Crippen molar-refractivity contribution >= 4 is 39.3 Å². The van der Waals surface area contributed by atoms with E-state index in [9.17, 15) is 14.9 Å². The van der Waals surface area contributed by atoms with Crippen LogP contribution in [-0.2, 0) is 9.53 Å². The second kappa shape index (κ2) is 6.91. The summed E-state index contributed by atoms with van der Waals surface area (Å²) < 4.78 is 5.31. The highest BCUT2D eigenvalue weighted by atomic mass is 79.9. The van der Waals surface area contributed by atoms with Crippen LogP contribution < -0.4 is 0 Å². The van der Waals surface area contributed by atoms with E-state index in [1.54, 1.807) is 19.9 Å². The van der Waals surface area contributed by atoms with Gasteiger partial charge in [-0.2, -0.15) is 0 Å². The number of carbonyl (C=O) groups is 1. The fraction of sp³-hybridized carbons (Fsp3) is 0.417. The molecular weight excluding hydrogens is 334 g/mol. The Kier molecular flexibility index (Phi) is 5.81. The summed E-state index contributed by atoms with van der Waals surface area (Å²) in [5.74, 6) is 0.0716. The minimum Gasteiger partial charge on any atom is -0.469 e. The molecule has 19 heavy (non-hydrogen) atoms. The van der Waals surface area contributed by atoms with Gasteiger partial charge in [0.2, 0.25) is 0 Å². The van der Waals surface area contributed by atoms with Crippen molar-refractivity contribution in [1.29, 1.82) is 0 Å². The number of halogens is 1. The molecular formula is C12H14BrNO4S. The SMILES string of the molecule is COC(=O)C(C)CSc1cc(C)c([N+](=O)[O-])cc1Br. The molecule has 1 atom stereocenters. The maximum Gasteiger partial charge on any atom is 0.309 e. The lowest BCUT2D eigenvalue weighted by Crippen LogP contribution is -2.14. The third-order valence-electron chi connectivity index (χ3n) is 2.54. The second-order valence-electron chi connectivity index (χ2n) is 4.06. The molecule has 7 heteroatoms. The highest BCUT2D eigenvalue weighted by Gasteiger charge is 2.17. The lowest BCUT2D eigenvalue weighted by atomic mass is 10.2. The predicted molar refractivity (Wildman–Crippen MR) is 77.4 cm³/mol. The number of esters is 1. The van der Waals surface area contributed by atoms with Crippen LogP contribution in [0.25, 0.3) is 0 Å². The first kappa shape index (κ1) is 16.0. The molecule has 0 bridgehead atoms. The third kappa shape index (κ3) is 4.21. The van der Waals surface area contributed by atoms with Gasteiger partial charge in [-0.1, -0.05) is 6.92 Å². The fourth-order valence-corrected chi connectivity index (χ4v) is 3.13. The van der Waals surface area contributed by atoms with Crippen molar-refractivity contribution in [3.05, 3.63) is 32.3 Å². The van der Waals surface area contributed by atoms with Crippen LogP contribution in [0.4, 0.5) is 5.69 Å². The van der Waals surface area contributed by atoms with Gasteiger partial charge in [-0.3, -0.25) is 14.9 Å². The first-order valence-electron chi connectivity index (χ1n) is 5.52. The van der Waals surface area contributed by atoms with Crippen LogP contribution in [-0.4, -0.2) is 23.8 Å². The number of nitrogens with zero attached hydrogens (tertiary/aromatic N) is 1. The van der Waals surface area contributed by atoms with E-state index in [0.717, 1.165) is 4.90 Å². The molecule has 0 amide bonds. The molecule has 0 saturated carbocycles. The smallest absolute Gasteiger partial charge is 0.309 e. The predicted octanol–water partition coefficient (Wildman–Crippen LogP) is 3.57. The number of methoxy groups -OCH3 is 1. The van der Waals surface area contributed by atoms with Crippen LogP contribution in [0.15, 0.2) is 21.5 Å². The Labute approximate surface area is 124 Å². The molecule has 0 aliphatic heterocycles. The molecule has 0 aromatic heterocycles. The number of hydrogen-bond donors (Lipinski definition) is 0. The number of thioether (sulfide) groups is 1. The monoisotopic (exact) mass is 347 g/mol. The number of nitro benzene ring substituents is 1. The molecule has 0 aliphatic carbocycles. The average molecular weight is 348 g/mol. The van der Waals surface area contributed by atoms with Crippen LogP contribution in [0, 0.1) is 23.0 Å².